The van der Waals surface area contributed by atoms with E-state index in [-0.39, 0.29) is 34.4 Å². The van der Waals surface area contributed by atoms with Crippen LogP contribution in [0, 0.1) is 12.7 Å². The molecule has 3 aromatic rings. The third-order valence-electron chi connectivity index (χ3n) is 7.53. The molecule has 1 aromatic carbocycles. The van der Waals surface area contributed by atoms with Crippen molar-refractivity contribution in [3.8, 4) is 11.3 Å². The van der Waals surface area contributed by atoms with E-state index in [1.165, 1.54) is 36.2 Å². The molecule has 2 aromatic heterocycles. The maximum atomic E-state index is 14.4. The van der Waals surface area contributed by atoms with Crippen molar-refractivity contribution >= 4 is 27.6 Å². The lowest BCUT2D eigenvalue weighted by molar-refractivity contribution is -0.131. The fraction of sp³-hybridized carbons (Fsp3) is 0.467. The molecule has 42 heavy (non-hydrogen) atoms. The maximum absolute atomic E-state index is 14.4. The minimum absolute atomic E-state index is 0.0189. The Bertz CT molecular complexity index is 1690. The van der Waals surface area contributed by atoms with E-state index in [0.29, 0.717) is 42.8 Å². The fourth-order valence-corrected chi connectivity index (χ4v) is 6.51. The van der Waals surface area contributed by atoms with Crippen molar-refractivity contribution in [2.75, 3.05) is 11.3 Å². The second-order valence-electron chi connectivity index (χ2n) is 10.5. The summed E-state index contributed by atoms with van der Waals surface area (Å²) < 4.78 is 72.2. The summed E-state index contributed by atoms with van der Waals surface area (Å²) in [4.78, 5) is 24.0. The molecule has 1 N–H and O–H groups in total. The molecule has 1 amide bonds. The zero-order valence-electron chi connectivity index (χ0n) is 25.9. The Kier molecular flexibility index (Phi) is 7.97. The predicted molar refractivity (Wildman–Crippen MR) is 156 cm³/mol. The highest BCUT2D eigenvalue weighted by Gasteiger charge is 2.49. The Balaban J connectivity index is 1.56. The van der Waals surface area contributed by atoms with Gasteiger partial charge in [-0.15, -0.1) is 0 Å². The Labute approximate surface area is 248 Å². The van der Waals surface area contributed by atoms with Gasteiger partial charge in [0.25, 0.3) is 15.9 Å². The number of nitrogens with one attached hydrogen (secondary N) is 1. The topological polar surface area (TPSA) is 127 Å². The van der Waals surface area contributed by atoms with Crippen molar-refractivity contribution < 1.29 is 29.6 Å². The van der Waals surface area contributed by atoms with Crippen LogP contribution < -0.4 is 4.72 Å². The molecule has 10 nitrogen and oxygen atoms in total. The Morgan fingerprint density at radius 3 is 2.71 bits per heavy atom. The first-order chi connectivity index (χ1) is 20.9. The van der Waals surface area contributed by atoms with Gasteiger partial charge in [-0.05, 0) is 56.4 Å². The van der Waals surface area contributed by atoms with Gasteiger partial charge in [0.05, 0.1) is 21.5 Å². The molecule has 0 atom stereocenters. The normalized spacial score (nSPS) is 17.5. The molecule has 1 spiro atoms. The highest BCUT2D eigenvalue weighted by Crippen LogP contribution is 2.40. The molecule has 1 saturated carbocycles. The first-order valence-electron chi connectivity index (χ1n) is 15.2. The van der Waals surface area contributed by atoms with Crippen molar-refractivity contribution in [2.24, 2.45) is 4.99 Å². The number of carbonyl (C=O) groups excluding carboxylic acids is 1. The fourth-order valence-electron chi connectivity index (χ4n) is 5.34. The number of pyridine rings is 1. The Hall–Kier alpha value is -3.64. The second kappa shape index (κ2) is 12.3. The van der Waals surface area contributed by atoms with E-state index in [0.717, 1.165) is 25.7 Å². The van der Waals surface area contributed by atoms with E-state index in [1.54, 1.807) is 19.1 Å². The molecule has 0 saturated heterocycles. The lowest BCUT2D eigenvalue weighted by atomic mass is 9.97. The largest absolute Gasteiger partial charge is 0.377 e. The molecule has 2 aliphatic rings. The van der Waals surface area contributed by atoms with E-state index >= 15 is 0 Å². The van der Waals surface area contributed by atoms with E-state index in [2.05, 4.69) is 14.9 Å². The summed E-state index contributed by atoms with van der Waals surface area (Å²) in [5.41, 5.74) is 0.171. The summed E-state index contributed by atoms with van der Waals surface area (Å²) in [6.45, 7) is 3.28. The summed E-state index contributed by atoms with van der Waals surface area (Å²) in [5, 5.41) is 3.46. The van der Waals surface area contributed by atoms with Crippen LogP contribution in [0.25, 0.3) is 11.3 Å². The number of hydrogen-bond donors (Lipinski definition) is 1. The first-order valence-corrected chi connectivity index (χ1v) is 15.7. The van der Waals surface area contributed by atoms with Gasteiger partial charge in [0.2, 0.25) is 11.6 Å². The third kappa shape index (κ3) is 5.82. The van der Waals surface area contributed by atoms with Gasteiger partial charge in [-0.3, -0.25) is 24.4 Å². The minimum atomic E-state index is -4.39. The van der Waals surface area contributed by atoms with Gasteiger partial charge >= 0.3 is 0 Å². The van der Waals surface area contributed by atoms with E-state index < -0.39 is 33.7 Å². The van der Waals surface area contributed by atoms with Gasteiger partial charge in [0.15, 0.2) is 5.76 Å². The van der Waals surface area contributed by atoms with E-state index in [4.69, 9.17) is 14.3 Å². The number of benzene rings is 1. The SMILES string of the molecule is [2H]C([2H])(c1ccc(-c2ncccc2S(=O)(=O)Nc2noc(C)c2F)c(COCC)c1)N1C(=O)C2(CCCC2)N=C1CCCC. The van der Waals surface area contributed by atoms with Crippen molar-refractivity contribution in [1.29, 1.82) is 0 Å². The summed E-state index contributed by atoms with van der Waals surface area (Å²) >= 11 is 0. The number of aryl methyl sites for hydroxylation is 1. The zero-order chi connectivity index (χ0) is 31.7. The highest BCUT2D eigenvalue weighted by molar-refractivity contribution is 7.92. The Morgan fingerprint density at radius 1 is 1.24 bits per heavy atom. The van der Waals surface area contributed by atoms with Crippen molar-refractivity contribution in [2.45, 2.75) is 89.3 Å². The molecule has 5 rings (SSSR count). The van der Waals surface area contributed by atoms with Crippen LogP contribution in [0.1, 0.15) is 78.4 Å². The quantitative estimate of drug-likeness (QED) is 0.280. The number of anilines is 1. The van der Waals surface area contributed by atoms with Crippen molar-refractivity contribution in [1.82, 2.24) is 15.0 Å². The molecule has 12 heteroatoms. The minimum Gasteiger partial charge on any atom is -0.377 e. The number of ether oxygens (including phenoxy) is 1. The van der Waals surface area contributed by atoms with E-state index in [9.17, 15) is 20.3 Å². The number of amidine groups is 1. The number of halogens is 1. The smallest absolute Gasteiger partial charge is 0.265 e. The summed E-state index contributed by atoms with van der Waals surface area (Å²) in [5.74, 6) is -1.54. The average Bonchev–Trinajstić information content (AvgIpc) is 3.69. The van der Waals surface area contributed by atoms with Crippen LogP contribution in [0.4, 0.5) is 10.2 Å². The van der Waals surface area contributed by atoms with E-state index in [1.807, 2.05) is 6.92 Å². The monoisotopic (exact) mass is 599 g/mol. The van der Waals surface area contributed by atoms with Crippen LogP contribution in [0.15, 0.2) is 50.9 Å². The number of carbonyl (C=O) groups is 1. The van der Waals surface area contributed by atoms with Gasteiger partial charge in [0, 0.05) is 24.8 Å². The summed E-state index contributed by atoms with van der Waals surface area (Å²) in [6.07, 6.45) is 6.50. The highest BCUT2D eigenvalue weighted by atomic mass is 32.2. The lowest BCUT2D eigenvalue weighted by Gasteiger charge is -2.23. The molecule has 1 fully saturated rings. The standard InChI is InChI=1S/C30H36FN5O5S/c1-4-6-11-25-33-30(14-7-8-15-30)29(37)36(25)18-21-12-13-23(22(17-21)19-40-5-2)27-24(10-9-16-32-27)42(38,39)35-28-26(31)20(3)41-34-28/h9-10,12-13,16-17H,4-8,11,14-15,18-19H2,1-3H3,(H,34,35)/i18D2. The molecule has 1 aliphatic heterocycles. The maximum Gasteiger partial charge on any atom is 0.265 e. The second-order valence-corrected chi connectivity index (χ2v) is 12.1. The van der Waals surface area contributed by atoms with Crippen LogP contribution in [0.5, 0.6) is 0 Å². The number of rotatable bonds is 12. The molecule has 1 aliphatic carbocycles. The number of unbranched alkanes of at least 4 members (excludes halogenated alkanes) is 1. The molecular formula is C30H36FN5O5S. The number of aromatic nitrogens is 2. The molecule has 224 valence electrons. The number of hydrogen-bond acceptors (Lipinski definition) is 8. The van der Waals surface area contributed by atoms with Gasteiger partial charge < -0.3 is 9.26 Å². The van der Waals surface area contributed by atoms with Gasteiger partial charge in [0.1, 0.15) is 16.3 Å². The van der Waals surface area contributed by atoms with Gasteiger partial charge in [-0.2, -0.15) is 4.39 Å². The van der Waals surface area contributed by atoms with Crippen LogP contribution in [0.3, 0.4) is 0 Å². The summed E-state index contributed by atoms with van der Waals surface area (Å²) in [7, 11) is -4.39. The van der Waals surface area contributed by atoms with Gasteiger partial charge in [-0.25, -0.2) is 8.42 Å². The van der Waals surface area contributed by atoms with Crippen molar-refractivity contribution in [3.05, 3.63) is 59.2 Å². The molecule has 0 radical (unpaired) electrons. The molecule has 0 bridgehead atoms. The van der Waals surface area contributed by atoms with Crippen LogP contribution >= 0.6 is 0 Å². The molecule has 0 unspecified atom stereocenters. The predicted octanol–water partition coefficient (Wildman–Crippen LogP) is 5.77. The number of aliphatic imine (C=N–C) groups is 1. The summed E-state index contributed by atoms with van der Waals surface area (Å²) in [6, 6.07) is 7.43. The Morgan fingerprint density at radius 2 is 2.02 bits per heavy atom. The van der Waals surface area contributed by atoms with Crippen molar-refractivity contribution in [3.63, 3.8) is 0 Å². The number of nitrogens with zero attached hydrogens (tertiary/aromatic N) is 4. The first kappa shape index (κ1) is 27.2. The number of amides is 1. The third-order valence-corrected chi connectivity index (χ3v) is 8.90. The molecular weight excluding hydrogens is 561 g/mol. The van der Waals surface area contributed by atoms with Crippen LogP contribution in [-0.4, -0.2) is 47.3 Å². The van der Waals surface area contributed by atoms with Crippen LogP contribution in [0.2, 0.25) is 0 Å². The van der Waals surface area contributed by atoms with Crippen LogP contribution in [-0.2, 0) is 32.7 Å². The van der Waals surface area contributed by atoms with Gasteiger partial charge in [-0.1, -0.05) is 49.5 Å². The number of sulfonamides is 1. The average molecular weight is 600 g/mol. The zero-order valence-corrected chi connectivity index (χ0v) is 24.8. The molecule has 3 heterocycles. The lowest BCUT2D eigenvalue weighted by Crippen LogP contribution is -2.40.